The van der Waals surface area contributed by atoms with Gasteiger partial charge in [-0.2, -0.15) is 0 Å². The monoisotopic (exact) mass is 290 g/mol. The first-order chi connectivity index (χ1) is 8.89. The Morgan fingerprint density at radius 3 is 2.42 bits per heavy atom. The number of piperidine rings is 2. The molecule has 0 aromatic carbocycles. The van der Waals surface area contributed by atoms with Crippen LogP contribution in [0, 0.1) is 5.92 Å². The molecule has 0 aromatic heterocycles. The van der Waals surface area contributed by atoms with Crippen LogP contribution in [0.25, 0.3) is 0 Å². The van der Waals surface area contributed by atoms with E-state index in [-0.39, 0.29) is 5.75 Å². The van der Waals surface area contributed by atoms with Gasteiger partial charge in [0, 0.05) is 13.1 Å². The summed E-state index contributed by atoms with van der Waals surface area (Å²) in [6.07, 6.45) is 4.03. The molecular weight excluding hydrogens is 264 g/mol. The molecule has 112 valence electrons. The molecule has 0 aliphatic carbocycles. The van der Waals surface area contributed by atoms with Crippen molar-refractivity contribution in [3.63, 3.8) is 0 Å². The van der Waals surface area contributed by atoms with Gasteiger partial charge >= 0.3 is 0 Å². The Labute approximate surface area is 116 Å². The lowest BCUT2D eigenvalue weighted by Crippen LogP contribution is -2.46. The van der Waals surface area contributed by atoms with Crippen LogP contribution in [-0.4, -0.2) is 55.4 Å². The smallest absolute Gasteiger partial charge is 0.214 e. The number of aliphatic hydroxyl groups is 1. The zero-order valence-corrected chi connectivity index (χ0v) is 12.6. The molecule has 0 spiro atoms. The molecule has 0 bridgehead atoms. The molecule has 0 amide bonds. The van der Waals surface area contributed by atoms with Crippen LogP contribution < -0.4 is 5.32 Å². The van der Waals surface area contributed by atoms with Crippen molar-refractivity contribution in [2.45, 2.75) is 44.6 Å². The van der Waals surface area contributed by atoms with Gasteiger partial charge in [-0.25, -0.2) is 12.7 Å². The maximum absolute atomic E-state index is 12.3. The van der Waals surface area contributed by atoms with E-state index in [1.54, 1.807) is 11.2 Å². The van der Waals surface area contributed by atoms with Crippen LogP contribution in [0.4, 0.5) is 0 Å². The lowest BCUT2D eigenvalue weighted by Gasteiger charge is -2.35. The van der Waals surface area contributed by atoms with Gasteiger partial charge in [0.15, 0.2) is 0 Å². The van der Waals surface area contributed by atoms with E-state index in [9.17, 15) is 13.5 Å². The predicted octanol–water partition coefficient (Wildman–Crippen LogP) is 0.553. The first-order valence-electron chi connectivity index (χ1n) is 7.30. The maximum Gasteiger partial charge on any atom is 0.214 e. The van der Waals surface area contributed by atoms with E-state index < -0.39 is 15.6 Å². The topological polar surface area (TPSA) is 69.6 Å². The highest BCUT2D eigenvalue weighted by atomic mass is 32.2. The van der Waals surface area contributed by atoms with Crippen LogP contribution >= 0.6 is 0 Å². The van der Waals surface area contributed by atoms with Gasteiger partial charge in [0.25, 0.3) is 0 Å². The second-order valence-corrected chi connectivity index (χ2v) is 8.28. The second kappa shape index (κ2) is 6.08. The molecule has 0 aromatic rings. The number of hydrogen-bond acceptors (Lipinski definition) is 4. The van der Waals surface area contributed by atoms with E-state index >= 15 is 0 Å². The van der Waals surface area contributed by atoms with Crippen LogP contribution in [0.2, 0.25) is 0 Å². The summed E-state index contributed by atoms with van der Waals surface area (Å²) < 4.78 is 26.1. The lowest BCUT2D eigenvalue weighted by molar-refractivity contribution is 0.0126. The Balaban J connectivity index is 1.81. The molecule has 0 atom stereocenters. The summed E-state index contributed by atoms with van der Waals surface area (Å²) in [4.78, 5) is 0. The molecule has 6 heteroatoms. The minimum Gasteiger partial charge on any atom is -0.390 e. The summed E-state index contributed by atoms with van der Waals surface area (Å²) >= 11 is 0. The molecule has 2 fully saturated rings. The van der Waals surface area contributed by atoms with E-state index in [2.05, 4.69) is 5.32 Å². The Morgan fingerprint density at radius 1 is 1.26 bits per heavy atom. The van der Waals surface area contributed by atoms with Crippen molar-refractivity contribution in [2.24, 2.45) is 5.92 Å². The van der Waals surface area contributed by atoms with E-state index in [0.717, 1.165) is 32.4 Å². The summed E-state index contributed by atoms with van der Waals surface area (Å²) in [7, 11) is -3.13. The van der Waals surface area contributed by atoms with E-state index in [1.807, 2.05) is 0 Å². The largest absolute Gasteiger partial charge is 0.390 e. The summed E-state index contributed by atoms with van der Waals surface area (Å²) in [5, 5.41) is 13.2. The number of nitrogens with one attached hydrogen (secondary N) is 1. The van der Waals surface area contributed by atoms with Crippen molar-refractivity contribution in [1.29, 1.82) is 0 Å². The molecule has 19 heavy (non-hydrogen) atoms. The highest BCUT2D eigenvalue weighted by Gasteiger charge is 2.33. The fourth-order valence-corrected chi connectivity index (χ4v) is 4.49. The minimum atomic E-state index is -3.13. The average Bonchev–Trinajstić information content (AvgIpc) is 2.37. The van der Waals surface area contributed by atoms with E-state index in [1.165, 1.54) is 0 Å². The molecule has 2 rings (SSSR count). The van der Waals surface area contributed by atoms with Gasteiger partial charge in [-0.3, -0.25) is 0 Å². The summed E-state index contributed by atoms with van der Waals surface area (Å²) in [6, 6.07) is 0. The zero-order chi connectivity index (χ0) is 13.9. The lowest BCUT2D eigenvalue weighted by atomic mass is 9.95. The molecular formula is C13H26N2O3S. The summed E-state index contributed by atoms with van der Waals surface area (Å²) in [5.74, 6) is 0.809. The van der Waals surface area contributed by atoms with Crippen molar-refractivity contribution < 1.29 is 13.5 Å². The maximum atomic E-state index is 12.3. The highest BCUT2D eigenvalue weighted by Crippen LogP contribution is 2.24. The highest BCUT2D eigenvalue weighted by molar-refractivity contribution is 7.89. The van der Waals surface area contributed by atoms with Gasteiger partial charge in [-0.1, -0.05) is 0 Å². The molecule has 5 nitrogen and oxygen atoms in total. The van der Waals surface area contributed by atoms with E-state index in [4.69, 9.17) is 0 Å². The van der Waals surface area contributed by atoms with Crippen molar-refractivity contribution in [2.75, 3.05) is 31.9 Å². The Morgan fingerprint density at radius 2 is 1.84 bits per heavy atom. The Hall–Kier alpha value is -0.170. The molecule has 2 N–H and O–H groups in total. The van der Waals surface area contributed by atoms with Crippen molar-refractivity contribution in [3.8, 4) is 0 Å². The minimum absolute atomic E-state index is 0.264. The van der Waals surface area contributed by atoms with Crippen LogP contribution in [0.5, 0.6) is 0 Å². The number of nitrogens with zero attached hydrogens (tertiary/aromatic N) is 1. The quantitative estimate of drug-likeness (QED) is 0.793. The van der Waals surface area contributed by atoms with Gasteiger partial charge in [0.1, 0.15) is 0 Å². The molecule has 2 heterocycles. The fraction of sp³-hybridized carbons (Fsp3) is 1.00. The average molecular weight is 290 g/mol. The third-order valence-corrected chi connectivity index (χ3v) is 6.34. The van der Waals surface area contributed by atoms with Gasteiger partial charge in [-0.05, 0) is 58.0 Å². The first kappa shape index (κ1) is 15.2. The molecule has 0 saturated carbocycles. The van der Waals surface area contributed by atoms with Crippen LogP contribution in [0.1, 0.15) is 39.0 Å². The first-order valence-corrected chi connectivity index (χ1v) is 8.91. The molecule has 2 aliphatic heterocycles. The van der Waals surface area contributed by atoms with E-state index in [0.29, 0.717) is 31.8 Å². The number of sulfonamides is 1. The number of rotatable bonds is 4. The van der Waals surface area contributed by atoms with Crippen LogP contribution in [0.3, 0.4) is 0 Å². The molecule has 0 unspecified atom stereocenters. The fourth-order valence-electron chi connectivity index (χ4n) is 2.86. The predicted molar refractivity (Wildman–Crippen MR) is 75.4 cm³/mol. The molecule has 0 radical (unpaired) electrons. The summed E-state index contributed by atoms with van der Waals surface area (Å²) in [6.45, 7) is 4.73. The van der Waals surface area contributed by atoms with Crippen LogP contribution in [-0.2, 0) is 10.0 Å². The van der Waals surface area contributed by atoms with Gasteiger partial charge < -0.3 is 10.4 Å². The van der Waals surface area contributed by atoms with Crippen molar-refractivity contribution >= 4 is 10.0 Å². The Kier molecular flexibility index (Phi) is 4.87. The van der Waals surface area contributed by atoms with Gasteiger partial charge in [-0.15, -0.1) is 0 Å². The molecule has 2 aliphatic rings. The normalized spacial score (nSPS) is 26.4. The van der Waals surface area contributed by atoms with Gasteiger partial charge in [0.2, 0.25) is 10.0 Å². The van der Waals surface area contributed by atoms with Crippen LogP contribution in [0.15, 0.2) is 0 Å². The standard InChI is InChI=1S/C13H26N2O3S/c1-13(16)5-9-15(10-6-13)19(17,18)11-4-12-2-7-14-8-3-12/h12,14,16H,2-11H2,1H3. The van der Waals surface area contributed by atoms with Crippen molar-refractivity contribution in [3.05, 3.63) is 0 Å². The third kappa shape index (κ3) is 4.41. The number of hydrogen-bond donors (Lipinski definition) is 2. The zero-order valence-electron chi connectivity index (χ0n) is 11.8. The van der Waals surface area contributed by atoms with Crippen molar-refractivity contribution in [1.82, 2.24) is 9.62 Å². The van der Waals surface area contributed by atoms with Gasteiger partial charge in [0.05, 0.1) is 11.4 Å². The summed E-state index contributed by atoms with van der Waals surface area (Å²) in [5.41, 5.74) is -0.693. The molecule has 2 saturated heterocycles. The SMILES string of the molecule is CC1(O)CCN(S(=O)(=O)CCC2CCNCC2)CC1. The Bertz CT molecular complexity index is 379. The third-order valence-electron chi connectivity index (χ3n) is 4.44. The second-order valence-electron chi connectivity index (χ2n) is 6.19.